The van der Waals surface area contributed by atoms with Gasteiger partial charge in [0.25, 0.3) is 11.8 Å². The van der Waals surface area contributed by atoms with Crippen LogP contribution in [0.3, 0.4) is 0 Å². The summed E-state index contributed by atoms with van der Waals surface area (Å²) in [5, 5.41) is 0. The second kappa shape index (κ2) is 9.57. The van der Waals surface area contributed by atoms with Crippen LogP contribution >= 0.6 is 34.3 Å². The Labute approximate surface area is 184 Å². The van der Waals surface area contributed by atoms with Gasteiger partial charge in [-0.05, 0) is 50.6 Å². The SMILES string of the molecule is CO[C@@H]1CCN(C(=O)c2cc3c(s2)CN(C)C(C)C3)C1.NC(=O)c1ccc(Cl)s1. The van der Waals surface area contributed by atoms with Crippen molar-refractivity contribution in [3.8, 4) is 0 Å². The van der Waals surface area contributed by atoms with Gasteiger partial charge in [0.1, 0.15) is 0 Å². The minimum Gasteiger partial charge on any atom is -0.380 e. The molecule has 0 saturated carbocycles. The Kier molecular flexibility index (Phi) is 7.34. The molecule has 4 rings (SSSR count). The normalized spacial score (nSPS) is 21.4. The zero-order valence-corrected chi connectivity index (χ0v) is 19.2. The standard InChI is InChI=1S/C15H22N2O2S.C5H4ClNOS/c1-10-6-11-7-13(20-14(11)9-16(10)2)15(18)17-5-4-12(8-17)19-3;6-4-2-1-3(9-4)5(7)8/h7,10,12H,4-6,8-9H2,1-3H3;1-2H,(H2,7,8)/t10?,12-;/m1./s1. The molecule has 0 radical (unpaired) electrons. The summed E-state index contributed by atoms with van der Waals surface area (Å²) in [7, 11) is 3.87. The molecular weight excluding hydrogens is 430 g/mol. The zero-order chi connectivity index (χ0) is 21.1. The molecule has 2 atom stereocenters. The van der Waals surface area contributed by atoms with Crippen molar-refractivity contribution in [3.63, 3.8) is 0 Å². The Morgan fingerprint density at radius 1 is 1.28 bits per heavy atom. The number of methoxy groups -OCH3 is 1. The van der Waals surface area contributed by atoms with Crippen molar-refractivity contribution in [2.24, 2.45) is 5.73 Å². The highest BCUT2D eigenvalue weighted by atomic mass is 35.5. The van der Waals surface area contributed by atoms with Gasteiger partial charge in [0.15, 0.2) is 0 Å². The van der Waals surface area contributed by atoms with Crippen LogP contribution < -0.4 is 5.73 Å². The smallest absolute Gasteiger partial charge is 0.264 e. The highest BCUT2D eigenvalue weighted by Gasteiger charge is 2.30. The molecule has 0 aliphatic carbocycles. The number of likely N-dealkylation sites (N-methyl/N-ethyl adjacent to an activating group) is 1. The summed E-state index contributed by atoms with van der Waals surface area (Å²) in [5.41, 5.74) is 6.31. The zero-order valence-electron chi connectivity index (χ0n) is 16.8. The molecular formula is C20H26ClN3O3S2. The van der Waals surface area contributed by atoms with E-state index in [4.69, 9.17) is 22.1 Å². The number of nitrogens with zero attached hydrogens (tertiary/aromatic N) is 2. The maximum absolute atomic E-state index is 12.6. The van der Waals surface area contributed by atoms with Gasteiger partial charge in [-0.2, -0.15) is 0 Å². The lowest BCUT2D eigenvalue weighted by molar-refractivity contribution is 0.0728. The molecule has 0 bridgehead atoms. The number of hydrogen-bond donors (Lipinski definition) is 1. The predicted molar refractivity (Wildman–Crippen MR) is 118 cm³/mol. The first-order valence-electron chi connectivity index (χ1n) is 9.47. The number of halogens is 1. The Morgan fingerprint density at radius 2 is 2.03 bits per heavy atom. The fourth-order valence-corrected chi connectivity index (χ4v) is 5.56. The van der Waals surface area contributed by atoms with E-state index in [2.05, 4.69) is 24.9 Å². The first-order chi connectivity index (χ1) is 13.8. The Bertz CT molecular complexity index is 855. The van der Waals surface area contributed by atoms with Gasteiger partial charge < -0.3 is 15.4 Å². The average molecular weight is 456 g/mol. The molecule has 2 aromatic heterocycles. The number of fused-ring (bicyclic) bond motifs is 1. The molecule has 1 fully saturated rings. The molecule has 2 amide bonds. The largest absolute Gasteiger partial charge is 0.380 e. The van der Waals surface area contributed by atoms with Gasteiger partial charge >= 0.3 is 0 Å². The van der Waals surface area contributed by atoms with Gasteiger partial charge in [-0.1, -0.05) is 11.6 Å². The third-order valence-corrected chi connectivity index (χ3v) is 7.75. The number of amides is 2. The van der Waals surface area contributed by atoms with E-state index in [-0.39, 0.29) is 12.0 Å². The number of nitrogens with two attached hydrogens (primary N) is 1. The molecule has 4 heterocycles. The van der Waals surface area contributed by atoms with Gasteiger partial charge in [0.05, 0.1) is 20.2 Å². The van der Waals surface area contributed by atoms with Crippen molar-refractivity contribution >= 4 is 46.1 Å². The van der Waals surface area contributed by atoms with Crippen LogP contribution in [0.4, 0.5) is 0 Å². The molecule has 1 unspecified atom stereocenters. The van der Waals surface area contributed by atoms with E-state index in [1.165, 1.54) is 21.8 Å². The van der Waals surface area contributed by atoms with E-state index in [0.717, 1.165) is 37.4 Å². The van der Waals surface area contributed by atoms with E-state index in [1.807, 2.05) is 4.90 Å². The van der Waals surface area contributed by atoms with Crippen LogP contribution in [-0.4, -0.2) is 61.0 Å². The van der Waals surface area contributed by atoms with Gasteiger partial charge in [0, 0.05) is 37.7 Å². The minimum absolute atomic E-state index is 0.180. The summed E-state index contributed by atoms with van der Waals surface area (Å²) in [6.07, 6.45) is 2.21. The predicted octanol–water partition coefficient (Wildman–Crippen LogP) is 3.49. The molecule has 158 valence electrons. The fourth-order valence-electron chi connectivity index (χ4n) is 3.44. The van der Waals surface area contributed by atoms with Crippen LogP contribution in [0.5, 0.6) is 0 Å². The Morgan fingerprint density at radius 3 is 2.59 bits per heavy atom. The summed E-state index contributed by atoms with van der Waals surface area (Å²) in [6, 6.07) is 5.93. The van der Waals surface area contributed by atoms with Gasteiger partial charge in [-0.3, -0.25) is 14.5 Å². The van der Waals surface area contributed by atoms with Crippen LogP contribution in [0.25, 0.3) is 0 Å². The molecule has 2 aromatic rings. The van der Waals surface area contributed by atoms with Crippen molar-refractivity contribution in [2.45, 2.75) is 38.5 Å². The number of primary amides is 1. The van der Waals surface area contributed by atoms with Crippen molar-refractivity contribution in [2.75, 3.05) is 27.2 Å². The van der Waals surface area contributed by atoms with E-state index in [0.29, 0.717) is 15.3 Å². The number of ether oxygens (including phenoxy) is 1. The first kappa shape index (κ1) is 22.2. The molecule has 0 spiro atoms. The molecule has 2 N–H and O–H groups in total. The van der Waals surface area contributed by atoms with E-state index < -0.39 is 5.91 Å². The third-order valence-electron chi connectivity index (χ3n) is 5.35. The summed E-state index contributed by atoms with van der Waals surface area (Å²) >= 11 is 8.37. The molecule has 6 nitrogen and oxygen atoms in total. The number of rotatable bonds is 3. The highest BCUT2D eigenvalue weighted by Crippen LogP contribution is 2.31. The maximum Gasteiger partial charge on any atom is 0.264 e. The molecule has 29 heavy (non-hydrogen) atoms. The van der Waals surface area contributed by atoms with Crippen LogP contribution in [0, 0.1) is 0 Å². The summed E-state index contributed by atoms with van der Waals surface area (Å²) in [4.78, 5) is 30.0. The van der Waals surface area contributed by atoms with Crippen LogP contribution in [-0.2, 0) is 17.7 Å². The van der Waals surface area contributed by atoms with Crippen molar-refractivity contribution in [1.29, 1.82) is 0 Å². The molecule has 2 aliphatic rings. The minimum atomic E-state index is -0.424. The summed E-state index contributed by atoms with van der Waals surface area (Å²) < 4.78 is 5.93. The summed E-state index contributed by atoms with van der Waals surface area (Å²) in [6.45, 7) is 4.76. The van der Waals surface area contributed by atoms with Crippen molar-refractivity contribution < 1.29 is 14.3 Å². The van der Waals surface area contributed by atoms with Gasteiger partial charge in [-0.25, -0.2) is 0 Å². The fraction of sp³-hybridized carbons (Fsp3) is 0.500. The second-order valence-corrected chi connectivity index (χ2v) is 10.2. The number of hydrogen-bond acceptors (Lipinski definition) is 6. The lowest BCUT2D eigenvalue weighted by atomic mass is 10.0. The Hall–Kier alpha value is -1.45. The van der Waals surface area contributed by atoms with Crippen molar-refractivity contribution in [3.05, 3.63) is 42.7 Å². The van der Waals surface area contributed by atoms with Crippen LogP contribution in [0.1, 0.15) is 43.1 Å². The monoisotopic (exact) mass is 455 g/mol. The lowest BCUT2D eigenvalue weighted by Crippen LogP contribution is -2.34. The van der Waals surface area contributed by atoms with Crippen LogP contribution in [0.2, 0.25) is 4.34 Å². The number of carbonyl (C=O) groups excluding carboxylic acids is 2. The lowest BCUT2D eigenvalue weighted by Gasteiger charge is -2.29. The molecule has 9 heteroatoms. The second-order valence-electron chi connectivity index (χ2n) is 7.39. The van der Waals surface area contributed by atoms with Crippen molar-refractivity contribution in [1.82, 2.24) is 9.80 Å². The van der Waals surface area contributed by atoms with E-state index in [1.54, 1.807) is 30.6 Å². The summed E-state index contributed by atoms with van der Waals surface area (Å²) in [5.74, 6) is -0.244. The maximum atomic E-state index is 12.6. The first-order valence-corrected chi connectivity index (χ1v) is 11.5. The quantitative estimate of drug-likeness (QED) is 0.768. The number of thiophene rings is 2. The highest BCUT2D eigenvalue weighted by molar-refractivity contribution is 7.18. The molecule has 1 saturated heterocycles. The van der Waals surface area contributed by atoms with E-state index >= 15 is 0 Å². The Balaban J connectivity index is 0.000000224. The van der Waals surface area contributed by atoms with Gasteiger partial charge in [0.2, 0.25) is 0 Å². The molecule has 0 aromatic carbocycles. The number of likely N-dealkylation sites (tertiary alicyclic amines) is 1. The topological polar surface area (TPSA) is 75.9 Å². The van der Waals surface area contributed by atoms with Gasteiger partial charge in [-0.15, -0.1) is 22.7 Å². The average Bonchev–Trinajstić information content (AvgIpc) is 3.41. The third kappa shape index (κ3) is 5.38. The van der Waals surface area contributed by atoms with Crippen LogP contribution in [0.15, 0.2) is 18.2 Å². The number of carbonyl (C=O) groups is 2. The van der Waals surface area contributed by atoms with E-state index in [9.17, 15) is 9.59 Å². The molecule has 2 aliphatic heterocycles.